The Balaban J connectivity index is 1.70. The Bertz CT molecular complexity index is 1390. The summed E-state index contributed by atoms with van der Waals surface area (Å²) in [7, 11) is 0. The van der Waals surface area contributed by atoms with Crippen molar-refractivity contribution in [1.29, 1.82) is 0 Å². The Hall–Kier alpha value is -4.17. The van der Waals surface area contributed by atoms with Gasteiger partial charge in [0.05, 0.1) is 22.8 Å². The molecule has 0 fully saturated rings. The SMILES string of the molecule is CC(C)(NC1=C[C@H](c2cccc(OC(F)(F)F)c2)N(c2ccc(C(F)(F)F)cc2)C1=O)C1=CC=NC(C(F)(F)F)N1. The molecule has 220 valence electrons. The molecule has 2 aliphatic heterocycles. The molecule has 2 aliphatic rings. The molecule has 4 rings (SSSR count). The van der Waals surface area contributed by atoms with Gasteiger partial charge in [0.25, 0.3) is 5.91 Å². The van der Waals surface area contributed by atoms with Crippen LogP contribution in [0.2, 0.25) is 0 Å². The van der Waals surface area contributed by atoms with Crippen LogP contribution in [-0.4, -0.2) is 36.4 Å². The summed E-state index contributed by atoms with van der Waals surface area (Å²) in [5.74, 6) is -1.39. The maximum atomic E-state index is 13.6. The van der Waals surface area contributed by atoms with Crippen LogP contribution in [0.3, 0.4) is 0 Å². The highest BCUT2D eigenvalue weighted by Crippen LogP contribution is 2.39. The number of anilines is 1. The Morgan fingerprint density at radius 2 is 1.61 bits per heavy atom. The highest BCUT2D eigenvalue weighted by atomic mass is 19.4. The van der Waals surface area contributed by atoms with E-state index < -0.39 is 53.7 Å². The van der Waals surface area contributed by atoms with Crippen LogP contribution in [0.25, 0.3) is 0 Å². The number of amides is 1. The van der Waals surface area contributed by atoms with Gasteiger partial charge in [-0.1, -0.05) is 12.1 Å². The molecule has 15 heteroatoms. The fourth-order valence-corrected chi connectivity index (χ4v) is 4.28. The molecule has 2 aromatic rings. The maximum Gasteiger partial charge on any atom is 0.573 e. The van der Waals surface area contributed by atoms with Gasteiger partial charge in [-0.3, -0.25) is 14.7 Å². The largest absolute Gasteiger partial charge is 0.573 e. The lowest BCUT2D eigenvalue weighted by Crippen LogP contribution is -2.52. The number of rotatable bonds is 6. The number of nitrogens with one attached hydrogen (secondary N) is 2. The van der Waals surface area contributed by atoms with E-state index in [2.05, 4.69) is 20.4 Å². The van der Waals surface area contributed by atoms with Gasteiger partial charge in [-0.05, 0) is 68.0 Å². The van der Waals surface area contributed by atoms with Crippen LogP contribution >= 0.6 is 0 Å². The first-order chi connectivity index (χ1) is 18.8. The van der Waals surface area contributed by atoms with E-state index in [1.807, 2.05) is 0 Å². The molecule has 0 saturated heterocycles. The highest BCUT2D eigenvalue weighted by Gasteiger charge is 2.44. The molecule has 0 aliphatic carbocycles. The van der Waals surface area contributed by atoms with E-state index in [9.17, 15) is 44.3 Å². The second-order valence-electron chi connectivity index (χ2n) is 9.58. The van der Waals surface area contributed by atoms with Gasteiger partial charge in [0.2, 0.25) is 6.17 Å². The fraction of sp³-hybridized carbons (Fsp3) is 0.308. The number of aliphatic imine (C=N–C) groups is 1. The van der Waals surface area contributed by atoms with Gasteiger partial charge in [-0.15, -0.1) is 13.2 Å². The van der Waals surface area contributed by atoms with Crippen LogP contribution in [0.1, 0.15) is 31.0 Å². The standard InChI is InChI=1S/C26H21F9N4O2/c1-23(2,20-10-11-36-22(37-20)25(30,31)32)38-18-13-19(14-4-3-5-17(12-14)41-26(33,34)35)39(21(18)40)16-8-6-15(7-9-16)24(27,28)29/h3-13,19,22,37-38H,1-2H3/t19-,22?/m1/s1. The molecule has 1 amide bonds. The number of alkyl halides is 9. The third-order valence-corrected chi connectivity index (χ3v) is 6.16. The summed E-state index contributed by atoms with van der Waals surface area (Å²) in [6.07, 6.45) is -13.1. The van der Waals surface area contributed by atoms with Gasteiger partial charge >= 0.3 is 18.7 Å². The molecule has 2 N–H and O–H groups in total. The van der Waals surface area contributed by atoms with Crippen LogP contribution in [0.4, 0.5) is 45.2 Å². The summed E-state index contributed by atoms with van der Waals surface area (Å²) in [6, 6.07) is 7.10. The Labute approximate surface area is 227 Å². The van der Waals surface area contributed by atoms with Crippen molar-refractivity contribution in [2.75, 3.05) is 4.90 Å². The van der Waals surface area contributed by atoms with E-state index in [-0.39, 0.29) is 22.6 Å². The number of benzene rings is 2. The van der Waals surface area contributed by atoms with Gasteiger partial charge in [0, 0.05) is 17.6 Å². The third kappa shape index (κ3) is 6.77. The normalized spacial score (nSPS) is 20.0. The zero-order valence-electron chi connectivity index (χ0n) is 21.1. The molecule has 2 atom stereocenters. The molecule has 6 nitrogen and oxygen atoms in total. The summed E-state index contributed by atoms with van der Waals surface area (Å²) in [5, 5.41) is 5.11. The third-order valence-electron chi connectivity index (χ3n) is 6.16. The number of carbonyl (C=O) groups is 1. The molecule has 0 aromatic heterocycles. The van der Waals surface area contributed by atoms with Crippen LogP contribution in [0.5, 0.6) is 5.75 Å². The summed E-state index contributed by atoms with van der Waals surface area (Å²) >= 11 is 0. The maximum absolute atomic E-state index is 13.6. The minimum absolute atomic E-state index is 0.0136. The second-order valence-corrected chi connectivity index (χ2v) is 9.58. The van der Waals surface area contributed by atoms with Gasteiger partial charge in [-0.2, -0.15) is 26.3 Å². The van der Waals surface area contributed by atoms with Crippen molar-refractivity contribution in [3.8, 4) is 5.75 Å². The molecule has 0 spiro atoms. The van der Waals surface area contributed by atoms with Crippen molar-refractivity contribution < 1.29 is 49.0 Å². The van der Waals surface area contributed by atoms with Crippen LogP contribution in [0, 0.1) is 0 Å². The van der Waals surface area contributed by atoms with Crippen molar-refractivity contribution >= 4 is 17.8 Å². The van der Waals surface area contributed by atoms with E-state index in [4.69, 9.17) is 0 Å². The molecule has 41 heavy (non-hydrogen) atoms. The van der Waals surface area contributed by atoms with Crippen molar-refractivity contribution in [2.45, 2.75) is 50.3 Å². The number of carbonyl (C=O) groups excluding carboxylic acids is 1. The van der Waals surface area contributed by atoms with E-state index in [1.165, 1.54) is 38.1 Å². The van der Waals surface area contributed by atoms with Crippen molar-refractivity contribution in [3.05, 3.63) is 83.2 Å². The van der Waals surface area contributed by atoms with Crippen molar-refractivity contribution in [1.82, 2.24) is 10.6 Å². The zero-order valence-corrected chi connectivity index (χ0v) is 21.1. The second kappa shape index (κ2) is 10.3. The van der Waals surface area contributed by atoms with Gasteiger partial charge < -0.3 is 15.4 Å². The van der Waals surface area contributed by atoms with Gasteiger partial charge in [0.1, 0.15) is 5.75 Å². The van der Waals surface area contributed by atoms with Gasteiger partial charge in [0.15, 0.2) is 0 Å². The minimum Gasteiger partial charge on any atom is -0.406 e. The van der Waals surface area contributed by atoms with E-state index in [0.29, 0.717) is 0 Å². The summed E-state index contributed by atoms with van der Waals surface area (Å²) < 4.78 is 122. The fourth-order valence-electron chi connectivity index (χ4n) is 4.28. The lowest BCUT2D eigenvalue weighted by atomic mass is 9.98. The number of hydrogen-bond acceptors (Lipinski definition) is 5. The molecule has 2 heterocycles. The number of nitrogens with zero attached hydrogens (tertiary/aromatic N) is 2. The predicted molar refractivity (Wildman–Crippen MR) is 130 cm³/mol. The molecule has 2 aromatic carbocycles. The van der Waals surface area contributed by atoms with E-state index >= 15 is 0 Å². The van der Waals surface area contributed by atoms with Crippen LogP contribution in [0.15, 0.2) is 77.1 Å². The van der Waals surface area contributed by atoms with Crippen molar-refractivity contribution in [3.63, 3.8) is 0 Å². The topological polar surface area (TPSA) is 66.0 Å². The molecule has 0 saturated carbocycles. The smallest absolute Gasteiger partial charge is 0.406 e. The Kier molecular flexibility index (Phi) is 7.52. The molecule has 0 bridgehead atoms. The first-order valence-corrected chi connectivity index (χ1v) is 11.8. The monoisotopic (exact) mass is 592 g/mol. The van der Waals surface area contributed by atoms with Gasteiger partial charge in [-0.25, -0.2) is 0 Å². The summed E-state index contributed by atoms with van der Waals surface area (Å²) in [5.41, 5.74) is -2.36. The van der Waals surface area contributed by atoms with Crippen LogP contribution in [-0.2, 0) is 11.0 Å². The first-order valence-electron chi connectivity index (χ1n) is 11.8. The van der Waals surface area contributed by atoms with E-state index in [1.54, 1.807) is 0 Å². The molecule has 1 unspecified atom stereocenters. The molecule has 0 radical (unpaired) electrons. The van der Waals surface area contributed by atoms with Crippen molar-refractivity contribution in [2.24, 2.45) is 4.99 Å². The lowest BCUT2D eigenvalue weighted by molar-refractivity contribution is -0.274. The Morgan fingerprint density at radius 1 is 0.951 bits per heavy atom. The Morgan fingerprint density at radius 3 is 2.20 bits per heavy atom. The van der Waals surface area contributed by atoms with Crippen LogP contribution < -0.4 is 20.3 Å². The number of hydrogen-bond donors (Lipinski definition) is 2. The average Bonchev–Trinajstić information content (AvgIpc) is 3.17. The number of ether oxygens (including phenoxy) is 1. The number of allylic oxidation sites excluding steroid dienone is 1. The zero-order chi connectivity index (χ0) is 30.4. The summed E-state index contributed by atoms with van der Waals surface area (Å²) in [6.45, 7) is 2.94. The number of halogens is 9. The predicted octanol–water partition coefficient (Wildman–Crippen LogP) is 6.39. The first kappa shape index (κ1) is 29.8. The lowest BCUT2D eigenvalue weighted by Gasteiger charge is -2.35. The summed E-state index contributed by atoms with van der Waals surface area (Å²) in [4.78, 5) is 18.0. The highest BCUT2D eigenvalue weighted by molar-refractivity contribution is 6.09. The quantitative estimate of drug-likeness (QED) is 0.382. The molecular formula is C26H21F9N4O2. The average molecular weight is 592 g/mol. The van der Waals surface area contributed by atoms with E-state index in [0.717, 1.165) is 47.5 Å². The minimum atomic E-state index is -5.01. The molecular weight excluding hydrogens is 571 g/mol.